The molecule has 3 aromatic rings. The normalized spacial score (nSPS) is 15.8. The molecule has 7 N–H and O–H groups in total. The Morgan fingerprint density at radius 1 is 1.00 bits per heavy atom. The summed E-state index contributed by atoms with van der Waals surface area (Å²) in [6.07, 6.45) is 0.677. The topological polar surface area (TPSA) is 177 Å². The second-order valence-corrected chi connectivity index (χ2v) is 11.7. The summed E-state index contributed by atoms with van der Waals surface area (Å²) in [5, 5.41) is 1.28. The number of fused-ring (bicyclic) bond motifs is 2. The summed E-state index contributed by atoms with van der Waals surface area (Å²) in [5.41, 5.74) is 19.2. The third-order valence-corrected chi connectivity index (χ3v) is 8.56. The monoisotopic (exact) mass is 565 g/mol. The van der Waals surface area contributed by atoms with Crippen LogP contribution < -0.4 is 26.8 Å². The van der Waals surface area contributed by atoms with E-state index in [9.17, 15) is 18.0 Å². The lowest BCUT2D eigenvalue weighted by atomic mass is 9.92. The molecule has 0 saturated heterocycles. The maximum absolute atomic E-state index is 14.0. The first-order valence-electron chi connectivity index (χ1n) is 12.9. The maximum atomic E-state index is 14.0. The van der Waals surface area contributed by atoms with Crippen molar-refractivity contribution in [3.05, 3.63) is 71.8 Å². The Labute approximate surface area is 234 Å². The van der Waals surface area contributed by atoms with Crippen molar-refractivity contribution in [3.8, 4) is 0 Å². The molecule has 2 atom stereocenters. The Morgan fingerprint density at radius 2 is 1.68 bits per heavy atom. The van der Waals surface area contributed by atoms with Gasteiger partial charge >= 0.3 is 0 Å². The highest BCUT2D eigenvalue weighted by Gasteiger charge is 2.38. The number of nitrogens with one attached hydrogen (secondary N) is 1. The van der Waals surface area contributed by atoms with E-state index < -0.39 is 33.9 Å². The van der Waals surface area contributed by atoms with Crippen LogP contribution in [-0.2, 0) is 32.6 Å². The minimum Gasteiger partial charge on any atom is -0.377 e. The molecule has 1 aliphatic heterocycles. The minimum absolute atomic E-state index is 0.0474. The van der Waals surface area contributed by atoms with Gasteiger partial charge in [-0.3, -0.25) is 14.6 Å². The molecular formula is C28H35N7O4S. The zero-order valence-corrected chi connectivity index (χ0v) is 23.4. The zero-order chi connectivity index (χ0) is 29.0. The van der Waals surface area contributed by atoms with Gasteiger partial charge in [-0.2, -0.15) is 4.72 Å². The van der Waals surface area contributed by atoms with E-state index in [1.165, 1.54) is 11.0 Å². The van der Waals surface area contributed by atoms with Gasteiger partial charge in [0.05, 0.1) is 4.90 Å². The van der Waals surface area contributed by atoms with E-state index in [1.807, 2.05) is 55.4 Å². The fourth-order valence-electron chi connectivity index (χ4n) is 5.08. The van der Waals surface area contributed by atoms with Gasteiger partial charge in [0, 0.05) is 50.1 Å². The zero-order valence-electron chi connectivity index (χ0n) is 22.6. The lowest BCUT2D eigenvalue weighted by Gasteiger charge is -2.37. The van der Waals surface area contributed by atoms with Crippen LogP contribution in [-0.4, -0.2) is 63.8 Å². The van der Waals surface area contributed by atoms with Crippen molar-refractivity contribution in [1.82, 2.24) is 9.62 Å². The van der Waals surface area contributed by atoms with Gasteiger partial charge in [-0.1, -0.05) is 48.5 Å². The molecule has 212 valence electrons. The average Bonchev–Trinajstić information content (AvgIpc) is 2.92. The number of amides is 2. The Balaban J connectivity index is 1.70. The molecular weight excluding hydrogens is 530 g/mol. The van der Waals surface area contributed by atoms with Crippen molar-refractivity contribution in [3.63, 3.8) is 0 Å². The van der Waals surface area contributed by atoms with E-state index in [1.54, 1.807) is 18.2 Å². The molecule has 0 bridgehead atoms. The van der Waals surface area contributed by atoms with Gasteiger partial charge < -0.3 is 27.0 Å². The molecule has 0 radical (unpaired) electrons. The molecule has 0 spiro atoms. The molecule has 0 saturated carbocycles. The van der Waals surface area contributed by atoms with Crippen molar-refractivity contribution in [2.45, 2.75) is 42.8 Å². The lowest BCUT2D eigenvalue weighted by molar-refractivity contribution is -0.142. The van der Waals surface area contributed by atoms with Crippen LogP contribution in [0.1, 0.15) is 24.0 Å². The van der Waals surface area contributed by atoms with Gasteiger partial charge in [0.15, 0.2) is 5.96 Å². The van der Waals surface area contributed by atoms with Crippen LogP contribution in [0.5, 0.6) is 0 Å². The van der Waals surface area contributed by atoms with Gasteiger partial charge in [-0.25, -0.2) is 8.42 Å². The summed E-state index contributed by atoms with van der Waals surface area (Å²) in [7, 11) is -0.421. The Bertz CT molecular complexity index is 1550. The number of hydrogen-bond acceptors (Lipinski definition) is 6. The Hall–Kier alpha value is -4.16. The van der Waals surface area contributed by atoms with Gasteiger partial charge in [-0.05, 0) is 36.1 Å². The highest BCUT2D eigenvalue weighted by Crippen LogP contribution is 2.31. The number of rotatable bonds is 10. The Kier molecular flexibility index (Phi) is 8.60. The highest BCUT2D eigenvalue weighted by atomic mass is 32.2. The summed E-state index contributed by atoms with van der Waals surface area (Å²) < 4.78 is 30.3. The molecule has 0 aliphatic carbocycles. The number of aliphatic imine (C=N–C) groups is 1. The first-order valence-corrected chi connectivity index (χ1v) is 14.4. The van der Waals surface area contributed by atoms with E-state index in [2.05, 4.69) is 9.71 Å². The largest absolute Gasteiger partial charge is 0.377 e. The second kappa shape index (κ2) is 11.9. The van der Waals surface area contributed by atoms with Crippen LogP contribution in [0.3, 0.4) is 0 Å². The fraction of sp³-hybridized carbons (Fsp3) is 0.321. The molecule has 3 aromatic carbocycles. The second-order valence-electron chi connectivity index (χ2n) is 10.0. The van der Waals surface area contributed by atoms with E-state index in [0.717, 1.165) is 22.2 Å². The third kappa shape index (κ3) is 6.18. The van der Waals surface area contributed by atoms with Gasteiger partial charge in [-0.15, -0.1) is 0 Å². The van der Waals surface area contributed by atoms with Crippen LogP contribution in [0, 0.1) is 0 Å². The Morgan fingerprint density at radius 3 is 2.35 bits per heavy atom. The number of benzene rings is 3. The predicted octanol–water partition coefficient (Wildman–Crippen LogP) is 1.05. The number of guanidine groups is 1. The molecule has 4 rings (SSSR count). The van der Waals surface area contributed by atoms with Crippen molar-refractivity contribution in [1.29, 1.82) is 0 Å². The summed E-state index contributed by atoms with van der Waals surface area (Å²) >= 11 is 0. The van der Waals surface area contributed by atoms with E-state index in [-0.39, 0.29) is 36.8 Å². The number of carbonyl (C=O) groups is 2. The molecule has 1 heterocycles. The van der Waals surface area contributed by atoms with Crippen molar-refractivity contribution >= 4 is 44.3 Å². The number of sulfonamides is 1. The van der Waals surface area contributed by atoms with Crippen molar-refractivity contribution in [2.75, 3.05) is 25.5 Å². The summed E-state index contributed by atoms with van der Waals surface area (Å²) in [6, 6.07) is 15.8. The van der Waals surface area contributed by atoms with E-state index >= 15 is 0 Å². The number of anilines is 1. The molecule has 40 heavy (non-hydrogen) atoms. The molecule has 0 unspecified atom stereocenters. The molecule has 0 fully saturated rings. The highest BCUT2D eigenvalue weighted by molar-refractivity contribution is 7.89. The van der Waals surface area contributed by atoms with Crippen LogP contribution in [0.15, 0.2) is 70.6 Å². The van der Waals surface area contributed by atoms with Crippen molar-refractivity contribution in [2.24, 2.45) is 22.2 Å². The molecule has 2 amide bonds. The number of nitrogens with two attached hydrogens (primary N) is 3. The van der Waals surface area contributed by atoms with Crippen molar-refractivity contribution < 1.29 is 18.0 Å². The fourth-order valence-corrected chi connectivity index (χ4v) is 6.53. The summed E-state index contributed by atoms with van der Waals surface area (Å²) in [6.45, 7) is 0.339. The van der Waals surface area contributed by atoms with Crippen LogP contribution >= 0.6 is 0 Å². The minimum atomic E-state index is -4.18. The number of nitrogens with zero attached hydrogens (tertiary/aromatic N) is 3. The van der Waals surface area contributed by atoms with Gasteiger partial charge in [0.25, 0.3) is 0 Å². The number of carbonyl (C=O) groups excluding carboxylic acids is 2. The summed E-state index contributed by atoms with van der Waals surface area (Å²) in [5.74, 6) is -1.30. The molecule has 1 aliphatic rings. The first kappa shape index (κ1) is 28.8. The van der Waals surface area contributed by atoms with Gasteiger partial charge in [0.1, 0.15) is 12.1 Å². The predicted molar refractivity (Wildman–Crippen MR) is 156 cm³/mol. The smallest absolute Gasteiger partial charge is 0.241 e. The van der Waals surface area contributed by atoms with Crippen LogP contribution in [0.4, 0.5) is 5.69 Å². The van der Waals surface area contributed by atoms with Gasteiger partial charge in [0.2, 0.25) is 21.8 Å². The average molecular weight is 566 g/mol. The number of hydrogen-bond donors (Lipinski definition) is 4. The molecule has 12 heteroatoms. The first-order chi connectivity index (χ1) is 19.0. The summed E-state index contributed by atoms with van der Waals surface area (Å²) in [4.78, 5) is 33.7. The number of primary amides is 1. The van der Waals surface area contributed by atoms with E-state index in [0.29, 0.717) is 11.8 Å². The lowest BCUT2D eigenvalue weighted by Crippen LogP contribution is -2.57. The molecule has 11 nitrogen and oxygen atoms in total. The van der Waals surface area contributed by atoms with Crippen LogP contribution in [0.25, 0.3) is 10.8 Å². The van der Waals surface area contributed by atoms with Crippen LogP contribution in [0.2, 0.25) is 0 Å². The quantitative estimate of drug-likeness (QED) is 0.161. The van der Waals surface area contributed by atoms with E-state index in [4.69, 9.17) is 17.2 Å². The maximum Gasteiger partial charge on any atom is 0.241 e. The third-order valence-electron chi connectivity index (χ3n) is 7.03. The standard InChI is InChI=1S/C28H35N7O4S/c1-34(2)23-13-5-11-21-20(23)10-6-14-25(21)40(38,39)33-22(12-7-15-32-28(30)31)27(37)35-17-19-9-4-3-8-18(19)16-24(35)26(29)36/h3-6,8-11,13-14,22,24,33H,7,12,15-17H2,1-2H3,(H2,29,36)(H4,30,31,32)/t22-,24+/m0/s1. The molecule has 0 aromatic heterocycles. The SMILES string of the molecule is CN(C)c1cccc2c(S(=O)(=O)N[C@@H](CCCN=C(N)N)C(=O)N3Cc4ccccc4C[C@@H]3C(N)=O)cccc12.